The van der Waals surface area contributed by atoms with Crippen LogP contribution in [-0.4, -0.2) is 88.8 Å². The lowest BCUT2D eigenvalue weighted by atomic mass is 10.0. The maximum atomic E-state index is 12.9. The second-order valence-electron chi connectivity index (χ2n) is 8.91. The van der Waals surface area contributed by atoms with Gasteiger partial charge in [0.25, 0.3) is 0 Å². The highest BCUT2D eigenvalue weighted by Crippen LogP contribution is 2.11. The highest BCUT2D eigenvalue weighted by Gasteiger charge is 2.30. The standard InChI is InChI=1S/C24H40N8O7/c25-10-2-1-4-18(23(38)39)31-21(36)17(5-3-11-29-24(27)28)30-22(37)19(13-33)32-20(35)16(26)12-14-6-8-15(34)9-7-14/h6-9,16-19,33-34H,1-5,10-13,25-26H2,(H,30,37)(H,31,36)(H,32,35)(H,38,39)(H4,27,28,29). The summed E-state index contributed by atoms with van der Waals surface area (Å²) < 4.78 is 0. The Bertz CT molecular complexity index is 970. The van der Waals surface area contributed by atoms with Crippen LogP contribution in [0.15, 0.2) is 29.3 Å². The largest absolute Gasteiger partial charge is 0.508 e. The number of aliphatic hydroxyl groups excluding tert-OH is 1. The molecule has 39 heavy (non-hydrogen) atoms. The molecule has 4 unspecified atom stereocenters. The summed E-state index contributed by atoms with van der Waals surface area (Å²) in [5, 5.41) is 35.8. The van der Waals surface area contributed by atoms with Crippen molar-refractivity contribution >= 4 is 29.7 Å². The molecule has 0 aliphatic rings. The van der Waals surface area contributed by atoms with Crippen LogP contribution in [0.25, 0.3) is 0 Å². The Morgan fingerprint density at radius 3 is 1.97 bits per heavy atom. The molecule has 15 heteroatoms. The first-order chi connectivity index (χ1) is 18.5. The number of aliphatic carboxylic acids is 1. The van der Waals surface area contributed by atoms with Gasteiger partial charge in [0.05, 0.1) is 12.6 Å². The summed E-state index contributed by atoms with van der Waals surface area (Å²) >= 11 is 0. The number of carboxylic acids is 1. The van der Waals surface area contributed by atoms with Crippen LogP contribution < -0.4 is 38.9 Å². The predicted octanol–water partition coefficient (Wildman–Crippen LogP) is -3.02. The number of phenolic OH excluding ortho intramolecular Hbond substituents is 1. The van der Waals surface area contributed by atoms with Crippen molar-refractivity contribution in [1.29, 1.82) is 0 Å². The van der Waals surface area contributed by atoms with Crippen molar-refractivity contribution in [3.05, 3.63) is 29.8 Å². The molecule has 0 bridgehead atoms. The number of carboxylic acid groups (broad SMARTS) is 1. The summed E-state index contributed by atoms with van der Waals surface area (Å²) in [6.45, 7) is -0.271. The minimum absolute atomic E-state index is 0.0377. The number of carbonyl (C=O) groups is 4. The van der Waals surface area contributed by atoms with Crippen LogP contribution in [0.2, 0.25) is 0 Å². The van der Waals surface area contributed by atoms with Gasteiger partial charge >= 0.3 is 5.97 Å². The second kappa shape index (κ2) is 17.5. The zero-order valence-corrected chi connectivity index (χ0v) is 21.7. The number of rotatable bonds is 18. The number of aliphatic imine (C=N–C) groups is 1. The fourth-order valence-electron chi connectivity index (χ4n) is 3.52. The molecule has 0 heterocycles. The number of nitrogens with one attached hydrogen (secondary N) is 3. The molecule has 1 rings (SSSR count). The Morgan fingerprint density at radius 2 is 1.41 bits per heavy atom. The number of unbranched alkanes of at least 4 members (excludes halogenated alkanes) is 1. The summed E-state index contributed by atoms with van der Waals surface area (Å²) in [4.78, 5) is 53.8. The average Bonchev–Trinajstić information content (AvgIpc) is 2.89. The number of nitrogens with zero attached hydrogens (tertiary/aromatic N) is 1. The molecule has 1 aromatic rings. The van der Waals surface area contributed by atoms with Gasteiger partial charge in [0.2, 0.25) is 17.7 Å². The number of amides is 3. The molecule has 0 aromatic heterocycles. The molecule has 0 fully saturated rings. The highest BCUT2D eigenvalue weighted by molar-refractivity contribution is 5.94. The van der Waals surface area contributed by atoms with Crippen LogP contribution in [0.1, 0.15) is 37.7 Å². The number of benzene rings is 1. The maximum absolute atomic E-state index is 12.9. The predicted molar refractivity (Wildman–Crippen MR) is 143 cm³/mol. The van der Waals surface area contributed by atoms with Crippen molar-refractivity contribution in [2.45, 2.75) is 62.7 Å². The Hall–Kier alpha value is -3.95. The van der Waals surface area contributed by atoms with Crippen molar-refractivity contribution in [2.24, 2.45) is 27.9 Å². The Morgan fingerprint density at radius 1 is 0.846 bits per heavy atom. The van der Waals surface area contributed by atoms with E-state index in [1.807, 2.05) is 0 Å². The molecule has 0 saturated carbocycles. The molecule has 3 amide bonds. The maximum Gasteiger partial charge on any atom is 0.326 e. The van der Waals surface area contributed by atoms with Crippen LogP contribution in [0.4, 0.5) is 0 Å². The SMILES string of the molecule is NCCCCC(NC(=O)C(CCCN=C(N)N)NC(=O)C(CO)NC(=O)C(N)Cc1ccc(O)cc1)C(=O)O. The van der Waals surface area contributed by atoms with Crippen LogP contribution in [0.5, 0.6) is 5.75 Å². The Labute approximate surface area is 226 Å². The zero-order chi connectivity index (χ0) is 29.4. The Kier molecular flexibility index (Phi) is 14.9. The van der Waals surface area contributed by atoms with E-state index in [9.17, 15) is 34.5 Å². The zero-order valence-electron chi connectivity index (χ0n) is 21.7. The first-order valence-corrected chi connectivity index (χ1v) is 12.5. The average molecular weight is 553 g/mol. The minimum atomic E-state index is -1.43. The first kappa shape index (κ1) is 33.1. The van der Waals surface area contributed by atoms with Crippen LogP contribution in [0.3, 0.4) is 0 Å². The van der Waals surface area contributed by atoms with Gasteiger partial charge < -0.3 is 54.2 Å². The highest BCUT2D eigenvalue weighted by atomic mass is 16.4. The fourth-order valence-corrected chi connectivity index (χ4v) is 3.52. The molecular formula is C24H40N8O7. The van der Waals surface area contributed by atoms with Crippen molar-refractivity contribution < 1.29 is 34.5 Å². The summed E-state index contributed by atoms with van der Waals surface area (Å²) in [5.74, 6) is -3.71. The fraction of sp³-hybridized carbons (Fsp3) is 0.542. The van der Waals surface area contributed by atoms with E-state index < -0.39 is 54.5 Å². The summed E-state index contributed by atoms with van der Waals surface area (Å²) in [6.07, 6.45) is 1.58. The molecule has 0 radical (unpaired) electrons. The van der Waals surface area contributed by atoms with E-state index in [2.05, 4.69) is 20.9 Å². The molecule has 0 aliphatic heterocycles. The normalized spacial score (nSPS) is 13.8. The molecule has 14 N–H and O–H groups in total. The van der Waals surface area contributed by atoms with Gasteiger partial charge in [-0.05, 0) is 62.8 Å². The van der Waals surface area contributed by atoms with Crippen LogP contribution in [-0.2, 0) is 25.6 Å². The lowest BCUT2D eigenvalue weighted by Gasteiger charge is -2.24. The van der Waals surface area contributed by atoms with E-state index >= 15 is 0 Å². The molecule has 1 aromatic carbocycles. The van der Waals surface area contributed by atoms with Gasteiger partial charge in [0, 0.05) is 6.54 Å². The van der Waals surface area contributed by atoms with Gasteiger partial charge in [0.15, 0.2) is 5.96 Å². The monoisotopic (exact) mass is 552 g/mol. The molecular weight excluding hydrogens is 512 g/mol. The van der Waals surface area contributed by atoms with Gasteiger partial charge in [-0.15, -0.1) is 0 Å². The number of nitrogens with two attached hydrogens (primary N) is 4. The third-order valence-electron chi connectivity index (χ3n) is 5.68. The molecule has 0 aliphatic carbocycles. The number of hydrogen-bond acceptors (Lipinski definition) is 9. The van der Waals surface area contributed by atoms with E-state index in [0.717, 1.165) is 0 Å². The number of carbonyl (C=O) groups excluding carboxylic acids is 3. The lowest BCUT2D eigenvalue weighted by Crippen LogP contribution is -2.58. The van der Waals surface area contributed by atoms with Crippen molar-refractivity contribution in [1.82, 2.24) is 16.0 Å². The van der Waals surface area contributed by atoms with E-state index in [1.54, 1.807) is 12.1 Å². The number of aromatic hydroxyl groups is 1. The van der Waals surface area contributed by atoms with Gasteiger partial charge in [-0.3, -0.25) is 19.4 Å². The van der Waals surface area contributed by atoms with Gasteiger partial charge in [-0.2, -0.15) is 0 Å². The third-order valence-corrected chi connectivity index (χ3v) is 5.68. The molecule has 0 saturated heterocycles. The van der Waals surface area contributed by atoms with E-state index in [1.165, 1.54) is 12.1 Å². The number of aliphatic hydroxyl groups is 1. The number of guanidine groups is 1. The van der Waals surface area contributed by atoms with E-state index in [-0.39, 0.29) is 43.9 Å². The lowest BCUT2D eigenvalue weighted by molar-refractivity contribution is -0.142. The van der Waals surface area contributed by atoms with Crippen LogP contribution in [0, 0.1) is 0 Å². The summed E-state index contributed by atoms with van der Waals surface area (Å²) in [7, 11) is 0. The number of hydrogen-bond donors (Lipinski definition) is 10. The third kappa shape index (κ3) is 12.9. The van der Waals surface area contributed by atoms with Gasteiger partial charge in [-0.1, -0.05) is 12.1 Å². The van der Waals surface area contributed by atoms with Gasteiger partial charge in [-0.25, -0.2) is 4.79 Å². The summed E-state index contributed by atoms with van der Waals surface area (Å²) in [6, 6.07) is 1.14. The smallest absolute Gasteiger partial charge is 0.326 e. The Balaban J connectivity index is 2.88. The molecule has 15 nitrogen and oxygen atoms in total. The summed E-state index contributed by atoms with van der Waals surface area (Å²) in [5.41, 5.74) is 22.7. The molecule has 218 valence electrons. The van der Waals surface area contributed by atoms with Gasteiger partial charge in [0.1, 0.15) is 23.9 Å². The van der Waals surface area contributed by atoms with Crippen molar-refractivity contribution in [2.75, 3.05) is 19.7 Å². The molecule has 0 spiro atoms. The van der Waals surface area contributed by atoms with Crippen molar-refractivity contribution in [3.63, 3.8) is 0 Å². The van der Waals surface area contributed by atoms with E-state index in [4.69, 9.17) is 22.9 Å². The second-order valence-corrected chi connectivity index (χ2v) is 8.91. The first-order valence-electron chi connectivity index (χ1n) is 12.5. The quantitative estimate of drug-likeness (QED) is 0.0496. The molecule has 4 atom stereocenters. The number of phenols is 1. The topological polar surface area (TPSA) is 282 Å². The van der Waals surface area contributed by atoms with E-state index in [0.29, 0.717) is 24.9 Å². The minimum Gasteiger partial charge on any atom is -0.508 e. The van der Waals surface area contributed by atoms with Crippen LogP contribution >= 0.6 is 0 Å². The van der Waals surface area contributed by atoms with Crippen molar-refractivity contribution in [3.8, 4) is 5.75 Å².